The van der Waals surface area contributed by atoms with Crippen molar-refractivity contribution >= 4 is 28.0 Å². The van der Waals surface area contributed by atoms with Crippen LogP contribution >= 0.6 is 0 Å². The summed E-state index contributed by atoms with van der Waals surface area (Å²) in [6.07, 6.45) is 0.475. The van der Waals surface area contributed by atoms with Gasteiger partial charge in [0.15, 0.2) is 0 Å². The molecule has 0 spiro atoms. The summed E-state index contributed by atoms with van der Waals surface area (Å²) in [4.78, 5) is 23.1. The van der Waals surface area contributed by atoms with Gasteiger partial charge in [-0.15, -0.1) is 0 Å². The number of ether oxygens (including phenoxy) is 1. The van der Waals surface area contributed by atoms with Gasteiger partial charge in [0.05, 0.1) is 11.5 Å². The minimum atomic E-state index is -3.75. The maximum atomic E-state index is 12.3. The van der Waals surface area contributed by atoms with Gasteiger partial charge in [-0.2, -0.15) is 0 Å². The molecule has 0 aliphatic rings. The van der Waals surface area contributed by atoms with E-state index in [9.17, 15) is 18.0 Å². The van der Waals surface area contributed by atoms with Crippen LogP contribution < -0.4 is 4.72 Å². The van der Waals surface area contributed by atoms with Crippen LogP contribution in [-0.2, 0) is 24.3 Å². The first kappa shape index (κ1) is 17.7. The number of aldehydes is 1. The van der Waals surface area contributed by atoms with E-state index in [0.717, 1.165) is 0 Å². The SMILES string of the molecule is CCOC(=O)C(C=O)c1cccc(NS(=O)(=O)c2ccccc2)c1. The zero-order valence-electron chi connectivity index (χ0n) is 13.0. The summed E-state index contributed by atoms with van der Waals surface area (Å²) >= 11 is 0. The molecule has 0 aliphatic carbocycles. The lowest BCUT2D eigenvalue weighted by Crippen LogP contribution is -2.18. The standard InChI is InChI=1S/C17H17NO5S/c1-2-23-17(20)16(12-19)13-7-6-8-14(11-13)18-24(21,22)15-9-4-3-5-10-15/h3-12,16,18H,2H2,1H3. The molecule has 0 aromatic heterocycles. The number of esters is 1. The number of carbonyl (C=O) groups excluding carboxylic acids is 2. The average molecular weight is 347 g/mol. The molecule has 0 saturated carbocycles. The lowest BCUT2D eigenvalue weighted by atomic mass is 10.0. The number of hydrogen-bond donors (Lipinski definition) is 1. The Labute approximate surface area is 140 Å². The molecule has 7 heteroatoms. The van der Waals surface area contributed by atoms with Gasteiger partial charge in [0.1, 0.15) is 12.2 Å². The van der Waals surface area contributed by atoms with Crippen molar-refractivity contribution in [3.8, 4) is 0 Å². The maximum Gasteiger partial charge on any atom is 0.320 e. The Morgan fingerprint density at radius 1 is 1.17 bits per heavy atom. The number of rotatable bonds is 7. The van der Waals surface area contributed by atoms with Gasteiger partial charge in [-0.05, 0) is 36.8 Å². The molecule has 2 aromatic rings. The molecule has 0 amide bonds. The summed E-state index contributed by atoms with van der Waals surface area (Å²) in [5.74, 6) is -1.76. The second kappa shape index (κ2) is 7.74. The second-order valence-electron chi connectivity index (χ2n) is 4.91. The Hall–Kier alpha value is -2.67. The van der Waals surface area contributed by atoms with E-state index in [1.807, 2.05) is 0 Å². The van der Waals surface area contributed by atoms with E-state index in [1.165, 1.54) is 24.3 Å². The summed E-state index contributed by atoms with van der Waals surface area (Å²) < 4.78 is 31.9. The highest BCUT2D eigenvalue weighted by atomic mass is 32.2. The first-order chi connectivity index (χ1) is 11.5. The fourth-order valence-electron chi connectivity index (χ4n) is 2.11. The van der Waals surface area contributed by atoms with Gasteiger partial charge >= 0.3 is 5.97 Å². The molecule has 2 aromatic carbocycles. The van der Waals surface area contributed by atoms with Crippen LogP contribution in [0.2, 0.25) is 0 Å². The summed E-state index contributed by atoms with van der Waals surface area (Å²) in [6, 6.07) is 14.0. The van der Waals surface area contributed by atoms with E-state index in [4.69, 9.17) is 4.74 Å². The van der Waals surface area contributed by atoms with Gasteiger partial charge < -0.3 is 9.53 Å². The van der Waals surface area contributed by atoms with Crippen molar-refractivity contribution in [1.29, 1.82) is 0 Å². The van der Waals surface area contributed by atoms with E-state index in [2.05, 4.69) is 4.72 Å². The van der Waals surface area contributed by atoms with Gasteiger partial charge in [-0.1, -0.05) is 30.3 Å². The molecule has 1 unspecified atom stereocenters. The number of sulfonamides is 1. The van der Waals surface area contributed by atoms with Crippen LogP contribution in [0.3, 0.4) is 0 Å². The van der Waals surface area contributed by atoms with Crippen LogP contribution in [0.4, 0.5) is 5.69 Å². The van der Waals surface area contributed by atoms with Crippen molar-refractivity contribution in [2.45, 2.75) is 17.7 Å². The van der Waals surface area contributed by atoms with E-state index >= 15 is 0 Å². The molecule has 126 valence electrons. The van der Waals surface area contributed by atoms with Gasteiger partial charge in [0.2, 0.25) is 0 Å². The van der Waals surface area contributed by atoms with Crippen LogP contribution in [0.1, 0.15) is 18.4 Å². The Bertz CT molecular complexity index is 818. The van der Waals surface area contributed by atoms with Crippen molar-refractivity contribution in [2.24, 2.45) is 0 Å². The van der Waals surface area contributed by atoms with E-state index < -0.39 is 21.9 Å². The van der Waals surface area contributed by atoms with Gasteiger partial charge in [0, 0.05) is 5.69 Å². The number of benzene rings is 2. The van der Waals surface area contributed by atoms with Crippen LogP contribution in [0.25, 0.3) is 0 Å². The van der Waals surface area contributed by atoms with Crippen molar-refractivity contribution in [2.75, 3.05) is 11.3 Å². The minimum Gasteiger partial charge on any atom is -0.465 e. The van der Waals surface area contributed by atoms with Crippen molar-refractivity contribution in [3.63, 3.8) is 0 Å². The van der Waals surface area contributed by atoms with Crippen LogP contribution in [0.5, 0.6) is 0 Å². The minimum absolute atomic E-state index is 0.118. The molecule has 24 heavy (non-hydrogen) atoms. The summed E-state index contributed by atoms with van der Waals surface area (Å²) in [5, 5.41) is 0. The zero-order valence-corrected chi connectivity index (χ0v) is 13.8. The highest BCUT2D eigenvalue weighted by Gasteiger charge is 2.22. The smallest absolute Gasteiger partial charge is 0.320 e. The second-order valence-corrected chi connectivity index (χ2v) is 6.59. The zero-order chi connectivity index (χ0) is 17.6. The largest absolute Gasteiger partial charge is 0.465 e. The number of carbonyl (C=O) groups is 2. The summed E-state index contributed by atoms with van der Waals surface area (Å²) in [5.41, 5.74) is 0.615. The molecule has 2 rings (SSSR count). The van der Waals surface area contributed by atoms with Crippen LogP contribution in [-0.4, -0.2) is 27.3 Å². The summed E-state index contributed by atoms with van der Waals surface area (Å²) in [7, 11) is -3.75. The molecular weight excluding hydrogens is 330 g/mol. The molecule has 1 atom stereocenters. The third-order valence-electron chi connectivity index (χ3n) is 3.23. The summed E-state index contributed by atoms with van der Waals surface area (Å²) in [6.45, 7) is 1.80. The molecule has 0 saturated heterocycles. The molecule has 1 N–H and O–H groups in total. The normalized spacial score (nSPS) is 12.2. The van der Waals surface area contributed by atoms with Crippen LogP contribution in [0.15, 0.2) is 59.5 Å². The molecule has 0 aliphatic heterocycles. The highest BCUT2D eigenvalue weighted by molar-refractivity contribution is 7.92. The molecule has 0 radical (unpaired) electrons. The first-order valence-electron chi connectivity index (χ1n) is 7.27. The predicted octanol–water partition coefficient (Wildman–Crippen LogP) is 2.33. The number of nitrogens with one attached hydrogen (secondary N) is 1. The highest BCUT2D eigenvalue weighted by Crippen LogP contribution is 2.22. The molecule has 6 nitrogen and oxygen atoms in total. The van der Waals surface area contributed by atoms with Gasteiger partial charge in [-0.25, -0.2) is 8.42 Å². The number of anilines is 1. The van der Waals surface area contributed by atoms with Crippen LogP contribution in [0, 0.1) is 0 Å². The lowest BCUT2D eigenvalue weighted by molar-refractivity contribution is -0.146. The lowest BCUT2D eigenvalue weighted by Gasteiger charge is -2.12. The van der Waals surface area contributed by atoms with Crippen molar-refractivity contribution in [1.82, 2.24) is 0 Å². The first-order valence-corrected chi connectivity index (χ1v) is 8.76. The third-order valence-corrected chi connectivity index (χ3v) is 4.63. The maximum absolute atomic E-state index is 12.3. The van der Waals surface area contributed by atoms with E-state index in [-0.39, 0.29) is 17.2 Å². The monoisotopic (exact) mass is 347 g/mol. The average Bonchev–Trinajstić information content (AvgIpc) is 2.56. The van der Waals surface area contributed by atoms with Gasteiger partial charge in [-0.3, -0.25) is 9.52 Å². The Kier molecular flexibility index (Phi) is 5.70. The topological polar surface area (TPSA) is 89.5 Å². The Balaban J connectivity index is 2.27. The molecular formula is C17H17NO5S. The predicted molar refractivity (Wildman–Crippen MR) is 89.1 cm³/mol. The fraction of sp³-hybridized carbons (Fsp3) is 0.176. The molecule has 0 bridgehead atoms. The molecule has 0 heterocycles. The van der Waals surface area contributed by atoms with E-state index in [0.29, 0.717) is 11.8 Å². The van der Waals surface area contributed by atoms with Crippen molar-refractivity contribution < 1.29 is 22.7 Å². The third kappa shape index (κ3) is 4.20. The van der Waals surface area contributed by atoms with Gasteiger partial charge in [0.25, 0.3) is 10.0 Å². The quantitative estimate of drug-likeness (QED) is 0.472. The Morgan fingerprint density at radius 3 is 2.50 bits per heavy atom. The molecule has 0 fully saturated rings. The number of hydrogen-bond acceptors (Lipinski definition) is 5. The van der Waals surface area contributed by atoms with Crippen molar-refractivity contribution in [3.05, 3.63) is 60.2 Å². The fourth-order valence-corrected chi connectivity index (χ4v) is 3.18. The van der Waals surface area contributed by atoms with E-state index in [1.54, 1.807) is 37.3 Å². The Morgan fingerprint density at radius 2 is 1.88 bits per heavy atom.